The molecule has 0 aliphatic carbocycles. The Morgan fingerprint density at radius 3 is 2.22 bits per heavy atom. The normalized spacial score (nSPS) is 11.3. The van der Waals surface area contributed by atoms with Crippen molar-refractivity contribution >= 4 is 5.95 Å². The van der Waals surface area contributed by atoms with Crippen LogP contribution in [0.3, 0.4) is 0 Å². The fourth-order valence-electron chi connectivity index (χ4n) is 1.77. The van der Waals surface area contributed by atoms with E-state index in [0.717, 1.165) is 31.1 Å². The molecule has 0 saturated heterocycles. The summed E-state index contributed by atoms with van der Waals surface area (Å²) >= 11 is 0. The van der Waals surface area contributed by atoms with E-state index in [4.69, 9.17) is 0 Å². The highest BCUT2D eigenvalue weighted by molar-refractivity contribution is 5.28. The standard InChI is InChI=1S/C14H26N4/c1-11(2)6-15-7-13-8-16-14(17-9-13)18(5)10-12(3)4/h8-9,11-12,15H,6-7,10H2,1-5H3. The Hall–Kier alpha value is -1.16. The van der Waals surface area contributed by atoms with Crippen LogP contribution < -0.4 is 10.2 Å². The SMILES string of the molecule is CC(C)CNCc1cnc(N(C)CC(C)C)nc1. The van der Waals surface area contributed by atoms with E-state index in [1.54, 1.807) is 0 Å². The van der Waals surface area contributed by atoms with Crippen molar-refractivity contribution in [2.45, 2.75) is 34.2 Å². The third kappa shape index (κ3) is 5.45. The first-order valence-electron chi connectivity index (χ1n) is 6.71. The highest BCUT2D eigenvalue weighted by Gasteiger charge is 2.06. The monoisotopic (exact) mass is 250 g/mol. The first-order chi connectivity index (χ1) is 8.49. The summed E-state index contributed by atoms with van der Waals surface area (Å²) in [6.45, 7) is 11.6. The van der Waals surface area contributed by atoms with E-state index in [0.29, 0.717) is 11.8 Å². The first kappa shape index (κ1) is 14.9. The second kappa shape index (κ2) is 7.31. The van der Waals surface area contributed by atoms with Crippen molar-refractivity contribution in [3.05, 3.63) is 18.0 Å². The van der Waals surface area contributed by atoms with Gasteiger partial charge in [0.15, 0.2) is 0 Å². The molecule has 0 aromatic carbocycles. The van der Waals surface area contributed by atoms with Gasteiger partial charge in [-0.2, -0.15) is 0 Å². The van der Waals surface area contributed by atoms with Gasteiger partial charge in [-0.05, 0) is 18.4 Å². The molecule has 0 bridgehead atoms. The fraction of sp³-hybridized carbons (Fsp3) is 0.714. The molecular formula is C14H26N4. The maximum Gasteiger partial charge on any atom is 0.225 e. The predicted molar refractivity (Wildman–Crippen MR) is 76.7 cm³/mol. The predicted octanol–water partition coefficient (Wildman–Crippen LogP) is 2.31. The van der Waals surface area contributed by atoms with Crippen molar-refractivity contribution in [1.82, 2.24) is 15.3 Å². The summed E-state index contributed by atoms with van der Waals surface area (Å²) in [6, 6.07) is 0. The summed E-state index contributed by atoms with van der Waals surface area (Å²) in [5, 5.41) is 3.39. The van der Waals surface area contributed by atoms with Crippen molar-refractivity contribution in [2.75, 3.05) is 25.0 Å². The van der Waals surface area contributed by atoms with Gasteiger partial charge in [-0.3, -0.25) is 0 Å². The van der Waals surface area contributed by atoms with E-state index >= 15 is 0 Å². The molecule has 4 nitrogen and oxygen atoms in total. The third-order valence-corrected chi connectivity index (χ3v) is 2.55. The third-order valence-electron chi connectivity index (χ3n) is 2.55. The average molecular weight is 250 g/mol. The van der Waals surface area contributed by atoms with Crippen molar-refractivity contribution in [2.24, 2.45) is 11.8 Å². The number of anilines is 1. The summed E-state index contributed by atoms with van der Waals surface area (Å²) in [7, 11) is 2.03. The molecule has 0 spiro atoms. The van der Waals surface area contributed by atoms with Crippen LogP contribution in [0.25, 0.3) is 0 Å². The summed E-state index contributed by atoms with van der Waals surface area (Å²) in [5.41, 5.74) is 1.14. The summed E-state index contributed by atoms with van der Waals surface area (Å²) in [4.78, 5) is 10.9. The van der Waals surface area contributed by atoms with Gasteiger partial charge < -0.3 is 10.2 Å². The number of aromatic nitrogens is 2. The lowest BCUT2D eigenvalue weighted by Crippen LogP contribution is -2.25. The second-order valence-electron chi connectivity index (χ2n) is 5.69. The molecule has 102 valence electrons. The largest absolute Gasteiger partial charge is 0.344 e. The van der Waals surface area contributed by atoms with E-state index in [1.165, 1.54) is 0 Å². The molecule has 1 aromatic heterocycles. The van der Waals surface area contributed by atoms with E-state index < -0.39 is 0 Å². The molecule has 18 heavy (non-hydrogen) atoms. The summed E-state index contributed by atoms with van der Waals surface area (Å²) < 4.78 is 0. The van der Waals surface area contributed by atoms with Crippen molar-refractivity contribution < 1.29 is 0 Å². The van der Waals surface area contributed by atoms with Crippen LogP contribution in [-0.2, 0) is 6.54 Å². The molecule has 0 aliphatic heterocycles. The summed E-state index contributed by atoms with van der Waals surface area (Å²) in [6.07, 6.45) is 3.82. The molecule has 4 heteroatoms. The van der Waals surface area contributed by atoms with Gasteiger partial charge in [-0.1, -0.05) is 27.7 Å². The number of nitrogens with zero attached hydrogens (tertiary/aromatic N) is 3. The second-order valence-corrected chi connectivity index (χ2v) is 5.69. The molecule has 1 aromatic rings. The fourth-order valence-corrected chi connectivity index (χ4v) is 1.77. The van der Waals surface area contributed by atoms with Crippen LogP contribution in [0.1, 0.15) is 33.3 Å². The zero-order chi connectivity index (χ0) is 13.5. The number of rotatable bonds is 7. The van der Waals surface area contributed by atoms with Crippen LogP contribution in [0.15, 0.2) is 12.4 Å². The minimum absolute atomic E-state index is 0.617. The Bertz CT molecular complexity index is 332. The van der Waals surface area contributed by atoms with Gasteiger partial charge >= 0.3 is 0 Å². The van der Waals surface area contributed by atoms with Crippen molar-refractivity contribution in [3.63, 3.8) is 0 Å². The average Bonchev–Trinajstić information content (AvgIpc) is 2.28. The van der Waals surface area contributed by atoms with E-state index in [9.17, 15) is 0 Å². The Morgan fingerprint density at radius 2 is 1.72 bits per heavy atom. The van der Waals surface area contributed by atoms with Gasteiger partial charge in [0.1, 0.15) is 0 Å². The minimum Gasteiger partial charge on any atom is -0.344 e. The van der Waals surface area contributed by atoms with E-state index in [-0.39, 0.29) is 0 Å². The first-order valence-corrected chi connectivity index (χ1v) is 6.71. The molecular weight excluding hydrogens is 224 g/mol. The molecule has 1 rings (SSSR count). The van der Waals surface area contributed by atoms with Crippen LogP contribution in [0.2, 0.25) is 0 Å². The smallest absolute Gasteiger partial charge is 0.225 e. The number of nitrogens with one attached hydrogen (secondary N) is 1. The topological polar surface area (TPSA) is 41.1 Å². The molecule has 0 amide bonds. The van der Waals surface area contributed by atoms with Crippen LogP contribution >= 0.6 is 0 Å². The van der Waals surface area contributed by atoms with Gasteiger partial charge in [0.05, 0.1) is 0 Å². The van der Waals surface area contributed by atoms with E-state index in [2.05, 4.69) is 47.9 Å². The molecule has 1 N–H and O–H groups in total. The van der Waals surface area contributed by atoms with Crippen molar-refractivity contribution in [3.8, 4) is 0 Å². The zero-order valence-electron chi connectivity index (χ0n) is 12.3. The molecule has 0 atom stereocenters. The lowest BCUT2D eigenvalue weighted by molar-refractivity contribution is 0.551. The van der Waals surface area contributed by atoms with Crippen LogP contribution in [0.5, 0.6) is 0 Å². The Kier molecular flexibility index (Phi) is 6.05. The molecule has 1 heterocycles. The van der Waals surface area contributed by atoms with Crippen LogP contribution in [0, 0.1) is 11.8 Å². The maximum atomic E-state index is 4.40. The van der Waals surface area contributed by atoms with Gasteiger partial charge in [0, 0.05) is 38.1 Å². The van der Waals surface area contributed by atoms with E-state index in [1.807, 2.05) is 19.4 Å². The lowest BCUT2D eigenvalue weighted by atomic mass is 10.2. The lowest BCUT2D eigenvalue weighted by Gasteiger charge is -2.19. The molecule has 0 unspecified atom stereocenters. The Labute approximate surface area is 111 Å². The molecule has 0 radical (unpaired) electrons. The van der Waals surface area contributed by atoms with Gasteiger partial charge in [0.25, 0.3) is 0 Å². The molecule has 0 saturated carbocycles. The Balaban J connectivity index is 2.46. The number of hydrogen-bond donors (Lipinski definition) is 1. The van der Waals surface area contributed by atoms with Crippen molar-refractivity contribution in [1.29, 1.82) is 0 Å². The van der Waals surface area contributed by atoms with Gasteiger partial charge in [-0.25, -0.2) is 9.97 Å². The van der Waals surface area contributed by atoms with Crippen LogP contribution in [0.4, 0.5) is 5.95 Å². The summed E-state index contributed by atoms with van der Waals surface area (Å²) in [5.74, 6) is 2.09. The van der Waals surface area contributed by atoms with Gasteiger partial charge in [-0.15, -0.1) is 0 Å². The van der Waals surface area contributed by atoms with Crippen LogP contribution in [-0.4, -0.2) is 30.1 Å². The molecule has 0 aliphatic rings. The highest BCUT2D eigenvalue weighted by atomic mass is 15.2. The minimum atomic E-state index is 0.617. The van der Waals surface area contributed by atoms with Gasteiger partial charge in [0.2, 0.25) is 5.95 Å². The number of hydrogen-bond acceptors (Lipinski definition) is 4. The Morgan fingerprint density at radius 1 is 1.11 bits per heavy atom. The zero-order valence-corrected chi connectivity index (χ0v) is 12.3. The maximum absolute atomic E-state index is 4.40. The molecule has 0 fully saturated rings. The quantitative estimate of drug-likeness (QED) is 0.806. The highest BCUT2D eigenvalue weighted by Crippen LogP contribution is 2.07.